The van der Waals surface area contributed by atoms with Crippen LogP contribution in [0.15, 0.2) is 24.3 Å². The zero-order valence-corrected chi connectivity index (χ0v) is 12.2. The fraction of sp³-hybridized carbons (Fsp3) is 0.471. The predicted octanol–water partition coefficient (Wildman–Crippen LogP) is 1.75. The van der Waals surface area contributed by atoms with Gasteiger partial charge in [-0.1, -0.05) is 0 Å². The van der Waals surface area contributed by atoms with Gasteiger partial charge in [-0.15, -0.1) is 0 Å². The number of hydrogen-bond acceptors (Lipinski definition) is 5. The maximum Gasteiger partial charge on any atom is 0.310 e. The third-order valence-electron chi connectivity index (χ3n) is 5.27. The van der Waals surface area contributed by atoms with Crippen molar-refractivity contribution in [3.8, 4) is 0 Å². The zero-order chi connectivity index (χ0) is 16.1. The number of carbonyl (C=O) groups excluding carboxylic acids is 3. The normalized spacial score (nSPS) is 33.6. The Morgan fingerprint density at radius 1 is 1.22 bits per heavy atom. The maximum absolute atomic E-state index is 12.8. The summed E-state index contributed by atoms with van der Waals surface area (Å²) in [5, 5.41) is 0. The SMILES string of the molecule is O=C(COC(=O)[C@@H]1[C@@H]2C[C@@H]3[C@@H]1C(=O)O[C@H]3C2)c1ccc(F)cc1. The summed E-state index contributed by atoms with van der Waals surface area (Å²) < 4.78 is 23.2. The minimum atomic E-state index is -0.504. The van der Waals surface area contributed by atoms with E-state index in [0.717, 1.165) is 6.42 Å². The number of fused-ring (bicyclic) bond motifs is 1. The first-order valence-electron chi connectivity index (χ1n) is 7.70. The summed E-state index contributed by atoms with van der Waals surface area (Å²) in [6.07, 6.45) is 1.48. The van der Waals surface area contributed by atoms with Crippen molar-refractivity contribution in [1.29, 1.82) is 0 Å². The van der Waals surface area contributed by atoms with E-state index in [-0.39, 0.29) is 29.5 Å². The first-order chi connectivity index (χ1) is 11.0. The Bertz CT molecular complexity index is 681. The highest BCUT2D eigenvalue weighted by atomic mass is 19.1. The third kappa shape index (κ3) is 2.24. The summed E-state index contributed by atoms with van der Waals surface area (Å²) in [4.78, 5) is 36.2. The highest BCUT2D eigenvalue weighted by molar-refractivity contribution is 5.98. The summed E-state index contributed by atoms with van der Waals surface area (Å²) in [6.45, 7) is -0.399. The van der Waals surface area contributed by atoms with Crippen molar-refractivity contribution >= 4 is 17.7 Å². The zero-order valence-electron chi connectivity index (χ0n) is 12.2. The van der Waals surface area contributed by atoms with Gasteiger partial charge in [-0.3, -0.25) is 14.4 Å². The van der Waals surface area contributed by atoms with Gasteiger partial charge >= 0.3 is 11.9 Å². The van der Waals surface area contributed by atoms with E-state index < -0.39 is 36.0 Å². The fourth-order valence-corrected chi connectivity index (χ4v) is 4.28. The molecule has 1 saturated heterocycles. The number of benzene rings is 1. The van der Waals surface area contributed by atoms with Crippen molar-refractivity contribution in [1.82, 2.24) is 0 Å². The molecule has 0 radical (unpaired) electrons. The lowest BCUT2D eigenvalue weighted by atomic mass is 9.80. The van der Waals surface area contributed by atoms with E-state index in [4.69, 9.17) is 9.47 Å². The van der Waals surface area contributed by atoms with Crippen LogP contribution < -0.4 is 0 Å². The molecule has 0 amide bonds. The molecule has 2 saturated carbocycles. The van der Waals surface area contributed by atoms with Gasteiger partial charge in [0.25, 0.3) is 0 Å². The van der Waals surface area contributed by atoms with Gasteiger partial charge < -0.3 is 9.47 Å². The molecule has 1 aromatic carbocycles. The smallest absolute Gasteiger partial charge is 0.310 e. The van der Waals surface area contributed by atoms with Gasteiger partial charge in [-0.25, -0.2) is 4.39 Å². The van der Waals surface area contributed by atoms with Crippen LogP contribution in [0, 0.1) is 29.5 Å². The van der Waals surface area contributed by atoms with Crippen LogP contribution in [0.1, 0.15) is 23.2 Å². The van der Waals surface area contributed by atoms with Gasteiger partial charge in [0, 0.05) is 11.5 Å². The van der Waals surface area contributed by atoms with Crippen molar-refractivity contribution in [2.45, 2.75) is 18.9 Å². The fourth-order valence-electron chi connectivity index (χ4n) is 4.28. The van der Waals surface area contributed by atoms with E-state index in [1.54, 1.807) is 0 Å². The minimum Gasteiger partial charge on any atom is -0.462 e. The van der Waals surface area contributed by atoms with Crippen LogP contribution >= 0.6 is 0 Å². The molecule has 0 aromatic heterocycles. The molecule has 23 heavy (non-hydrogen) atoms. The lowest BCUT2D eigenvalue weighted by Gasteiger charge is -2.22. The number of ketones is 1. The summed E-state index contributed by atoms with van der Waals surface area (Å²) >= 11 is 0. The largest absolute Gasteiger partial charge is 0.462 e. The third-order valence-corrected chi connectivity index (χ3v) is 5.27. The van der Waals surface area contributed by atoms with Gasteiger partial charge in [-0.2, -0.15) is 0 Å². The molecule has 3 fully saturated rings. The van der Waals surface area contributed by atoms with E-state index >= 15 is 0 Å². The Morgan fingerprint density at radius 3 is 2.70 bits per heavy atom. The van der Waals surface area contributed by atoms with Crippen LogP contribution in [-0.2, 0) is 19.1 Å². The lowest BCUT2D eigenvalue weighted by Crippen LogP contribution is -2.34. The molecule has 5 nitrogen and oxygen atoms in total. The second-order valence-corrected chi connectivity index (χ2v) is 6.46. The Kier molecular flexibility index (Phi) is 3.21. The number of esters is 2. The van der Waals surface area contributed by atoms with Gasteiger partial charge in [0.15, 0.2) is 12.4 Å². The molecular weight excluding hydrogens is 303 g/mol. The molecule has 3 aliphatic rings. The van der Waals surface area contributed by atoms with Crippen LogP contribution in [0.4, 0.5) is 4.39 Å². The second-order valence-electron chi connectivity index (χ2n) is 6.46. The van der Waals surface area contributed by atoms with E-state index in [1.807, 2.05) is 0 Å². The van der Waals surface area contributed by atoms with E-state index in [9.17, 15) is 18.8 Å². The molecule has 1 aromatic rings. The summed E-state index contributed by atoms with van der Waals surface area (Å²) in [5.74, 6) is -2.32. The summed E-state index contributed by atoms with van der Waals surface area (Å²) in [6, 6.07) is 5.06. The number of halogens is 1. The number of ether oxygens (including phenoxy) is 2. The standard InChI is InChI=1S/C17H15FO5/c18-10-3-1-8(2-4-10)12(19)7-22-16(20)14-9-5-11-13(6-9)23-17(21)15(11)14/h1-4,9,11,13-15H,5-7H2/t9-,11+,13+,14-,15+/m1/s1. The lowest BCUT2D eigenvalue weighted by molar-refractivity contribution is -0.154. The van der Waals surface area contributed by atoms with Crippen LogP contribution in [0.25, 0.3) is 0 Å². The minimum absolute atomic E-state index is 0.0394. The molecule has 6 heteroatoms. The Labute approximate surface area is 131 Å². The van der Waals surface area contributed by atoms with Crippen molar-refractivity contribution in [2.75, 3.05) is 6.61 Å². The molecule has 4 rings (SSSR count). The van der Waals surface area contributed by atoms with Crippen LogP contribution in [0.5, 0.6) is 0 Å². The quantitative estimate of drug-likeness (QED) is 0.625. The van der Waals surface area contributed by atoms with Crippen molar-refractivity contribution in [3.05, 3.63) is 35.6 Å². The average Bonchev–Trinajstić information content (AvgIpc) is 3.14. The Morgan fingerprint density at radius 2 is 1.96 bits per heavy atom. The topological polar surface area (TPSA) is 69.7 Å². The van der Waals surface area contributed by atoms with Gasteiger partial charge in [0.05, 0.1) is 11.8 Å². The summed E-state index contributed by atoms with van der Waals surface area (Å²) in [5.41, 5.74) is 0.285. The highest BCUT2D eigenvalue weighted by Crippen LogP contribution is 2.57. The van der Waals surface area contributed by atoms with Crippen LogP contribution in [0.3, 0.4) is 0 Å². The number of rotatable bonds is 4. The van der Waals surface area contributed by atoms with E-state index in [2.05, 4.69) is 0 Å². The number of hydrogen-bond donors (Lipinski definition) is 0. The molecule has 0 N–H and O–H groups in total. The molecule has 2 bridgehead atoms. The molecule has 120 valence electrons. The van der Waals surface area contributed by atoms with Crippen molar-refractivity contribution < 1.29 is 28.2 Å². The first-order valence-corrected chi connectivity index (χ1v) is 7.70. The van der Waals surface area contributed by atoms with Gasteiger partial charge in [-0.05, 0) is 43.0 Å². The van der Waals surface area contributed by atoms with E-state index in [0.29, 0.717) is 6.42 Å². The molecule has 0 unspecified atom stereocenters. The van der Waals surface area contributed by atoms with Crippen molar-refractivity contribution in [3.63, 3.8) is 0 Å². The van der Waals surface area contributed by atoms with Crippen LogP contribution in [-0.4, -0.2) is 30.4 Å². The highest BCUT2D eigenvalue weighted by Gasteiger charge is 2.64. The average molecular weight is 318 g/mol. The van der Waals surface area contributed by atoms with E-state index in [1.165, 1.54) is 24.3 Å². The molecular formula is C17H15FO5. The van der Waals surface area contributed by atoms with Gasteiger partial charge in [0.1, 0.15) is 11.9 Å². The number of carbonyl (C=O) groups is 3. The second kappa shape index (κ2) is 5.15. The predicted molar refractivity (Wildman–Crippen MR) is 74.8 cm³/mol. The molecule has 1 heterocycles. The Balaban J connectivity index is 1.40. The first kappa shape index (κ1) is 14.4. The molecule has 2 aliphatic carbocycles. The monoisotopic (exact) mass is 318 g/mol. The summed E-state index contributed by atoms with van der Waals surface area (Å²) in [7, 11) is 0. The van der Waals surface area contributed by atoms with Crippen LogP contribution in [0.2, 0.25) is 0 Å². The molecule has 5 atom stereocenters. The maximum atomic E-state index is 12.8. The molecule has 0 spiro atoms. The van der Waals surface area contributed by atoms with Gasteiger partial charge in [0.2, 0.25) is 0 Å². The number of Topliss-reactive ketones (excluding diaryl/α,β-unsaturated/α-hetero) is 1. The molecule has 1 aliphatic heterocycles. The Hall–Kier alpha value is -2.24. The van der Waals surface area contributed by atoms with Crippen molar-refractivity contribution in [2.24, 2.45) is 23.7 Å².